The van der Waals surface area contributed by atoms with Crippen molar-refractivity contribution in [3.63, 3.8) is 0 Å². The molecule has 1 saturated carbocycles. The summed E-state index contributed by atoms with van der Waals surface area (Å²) < 4.78 is 32.9. The standard InChI is InChI=1S/C24H30N2O4S/c1-2-30-22-10-12-23(13-11-22)31(28,29)25-16-14-20(15-17-25)24(27)26(21-8-9-21)18-19-6-4-3-5-7-19/h3-7,10-13,20-21H,2,8-9,14-18H2,1H3. The molecule has 4 rings (SSSR count). The van der Waals surface area contributed by atoms with E-state index in [1.165, 1.54) is 4.31 Å². The molecule has 1 heterocycles. The summed E-state index contributed by atoms with van der Waals surface area (Å²) >= 11 is 0. The lowest BCUT2D eigenvalue weighted by molar-refractivity contribution is -0.138. The maximum absolute atomic E-state index is 13.3. The van der Waals surface area contributed by atoms with Crippen molar-refractivity contribution in [3.8, 4) is 5.75 Å². The molecular weight excluding hydrogens is 412 g/mol. The molecule has 0 unspecified atom stereocenters. The van der Waals surface area contributed by atoms with Gasteiger partial charge in [0, 0.05) is 31.6 Å². The third kappa shape index (κ3) is 5.10. The lowest BCUT2D eigenvalue weighted by Gasteiger charge is -2.34. The third-order valence-corrected chi connectivity index (χ3v) is 7.96. The molecule has 2 aromatic carbocycles. The van der Waals surface area contributed by atoms with Gasteiger partial charge in [-0.25, -0.2) is 8.42 Å². The molecule has 2 fully saturated rings. The van der Waals surface area contributed by atoms with Gasteiger partial charge in [-0.15, -0.1) is 0 Å². The highest BCUT2D eigenvalue weighted by Crippen LogP contribution is 2.33. The highest BCUT2D eigenvalue weighted by molar-refractivity contribution is 7.89. The Labute approximate surface area is 184 Å². The molecule has 0 aromatic heterocycles. The van der Waals surface area contributed by atoms with Crippen LogP contribution in [-0.2, 0) is 21.4 Å². The maximum Gasteiger partial charge on any atom is 0.243 e. The van der Waals surface area contributed by atoms with Crippen molar-refractivity contribution in [2.45, 2.75) is 50.1 Å². The number of hydrogen-bond acceptors (Lipinski definition) is 4. The van der Waals surface area contributed by atoms with Crippen LogP contribution in [0, 0.1) is 5.92 Å². The van der Waals surface area contributed by atoms with Crippen LogP contribution in [0.5, 0.6) is 5.75 Å². The minimum atomic E-state index is -3.56. The Morgan fingerprint density at radius 1 is 1.00 bits per heavy atom. The molecule has 0 N–H and O–H groups in total. The zero-order chi connectivity index (χ0) is 21.8. The van der Waals surface area contributed by atoms with Gasteiger partial charge in [0.25, 0.3) is 0 Å². The van der Waals surface area contributed by atoms with Gasteiger partial charge in [0.2, 0.25) is 15.9 Å². The highest BCUT2D eigenvalue weighted by Gasteiger charge is 2.38. The molecule has 2 aromatic rings. The quantitative estimate of drug-likeness (QED) is 0.626. The Balaban J connectivity index is 1.38. The number of piperidine rings is 1. The van der Waals surface area contributed by atoms with E-state index in [1.807, 2.05) is 30.0 Å². The van der Waals surface area contributed by atoms with Crippen LogP contribution in [0.15, 0.2) is 59.5 Å². The predicted molar refractivity (Wildman–Crippen MR) is 119 cm³/mol. The van der Waals surface area contributed by atoms with Crippen LogP contribution in [0.2, 0.25) is 0 Å². The average molecular weight is 443 g/mol. The molecule has 2 aliphatic rings. The molecule has 7 heteroatoms. The van der Waals surface area contributed by atoms with Crippen molar-refractivity contribution >= 4 is 15.9 Å². The number of carbonyl (C=O) groups is 1. The number of sulfonamides is 1. The molecule has 0 atom stereocenters. The predicted octanol–water partition coefficient (Wildman–Crippen LogP) is 3.68. The topological polar surface area (TPSA) is 66.9 Å². The maximum atomic E-state index is 13.3. The second-order valence-electron chi connectivity index (χ2n) is 8.27. The van der Waals surface area contributed by atoms with Gasteiger partial charge in [0.05, 0.1) is 11.5 Å². The summed E-state index contributed by atoms with van der Waals surface area (Å²) in [4.78, 5) is 15.5. The van der Waals surface area contributed by atoms with Gasteiger partial charge in [-0.3, -0.25) is 4.79 Å². The van der Waals surface area contributed by atoms with Crippen molar-refractivity contribution in [1.29, 1.82) is 0 Å². The number of rotatable bonds is 8. The lowest BCUT2D eigenvalue weighted by atomic mass is 9.96. The molecule has 1 saturated heterocycles. The van der Waals surface area contributed by atoms with Crippen molar-refractivity contribution in [2.75, 3.05) is 19.7 Å². The molecular formula is C24H30N2O4S. The van der Waals surface area contributed by atoms with E-state index >= 15 is 0 Å². The Kier molecular flexibility index (Phi) is 6.62. The molecule has 1 aliphatic heterocycles. The fourth-order valence-electron chi connectivity index (χ4n) is 4.15. The molecule has 0 bridgehead atoms. The fraction of sp³-hybridized carbons (Fsp3) is 0.458. The molecule has 1 aliphatic carbocycles. The minimum Gasteiger partial charge on any atom is -0.494 e. The zero-order valence-electron chi connectivity index (χ0n) is 17.9. The van der Waals surface area contributed by atoms with E-state index in [0.717, 1.165) is 18.4 Å². The zero-order valence-corrected chi connectivity index (χ0v) is 18.8. The SMILES string of the molecule is CCOc1ccc(S(=O)(=O)N2CCC(C(=O)N(Cc3ccccc3)C3CC3)CC2)cc1. The normalized spacial score (nSPS) is 18.0. The molecule has 166 valence electrons. The van der Waals surface area contributed by atoms with Gasteiger partial charge < -0.3 is 9.64 Å². The Bertz CT molecular complexity index is 980. The van der Waals surface area contributed by atoms with E-state index in [1.54, 1.807) is 24.3 Å². The summed E-state index contributed by atoms with van der Waals surface area (Å²) in [6, 6.07) is 16.9. The third-order valence-electron chi connectivity index (χ3n) is 6.04. The van der Waals surface area contributed by atoms with Gasteiger partial charge in [0.1, 0.15) is 5.75 Å². The second kappa shape index (κ2) is 9.40. The number of nitrogens with zero attached hydrogens (tertiary/aromatic N) is 2. The first-order chi connectivity index (χ1) is 15.0. The van der Waals surface area contributed by atoms with Gasteiger partial charge in [-0.05, 0) is 62.4 Å². The smallest absolute Gasteiger partial charge is 0.243 e. The van der Waals surface area contributed by atoms with Crippen LogP contribution < -0.4 is 4.74 Å². The lowest BCUT2D eigenvalue weighted by Crippen LogP contribution is -2.44. The van der Waals surface area contributed by atoms with Gasteiger partial charge >= 0.3 is 0 Å². The van der Waals surface area contributed by atoms with Crippen molar-refractivity contribution in [3.05, 3.63) is 60.2 Å². The van der Waals surface area contributed by atoms with Crippen LogP contribution in [-0.4, -0.2) is 49.3 Å². The van der Waals surface area contributed by atoms with Gasteiger partial charge in [-0.1, -0.05) is 30.3 Å². The first kappa shape index (κ1) is 21.8. The van der Waals surface area contributed by atoms with Crippen molar-refractivity contribution in [1.82, 2.24) is 9.21 Å². The Morgan fingerprint density at radius 3 is 2.23 bits per heavy atom. The van der Waals surface area contributed by atoms with Crippen LogP contribution in [0.4, 0.5) is 0 Å². The summed E-state index contributed by atoms with van der Waals surface area (Å²) in [7, 11) is -3.56. The van der Waals surface area contributed by atoms with Crippen LogP contribution >= 0.6 is 0 Å². The summed E-state index contributed by atoms with van der Waals surface area (Å²) in [6.07, 6.45) is 3.24. The molecule has 6 nitrogen and oxygen atoms in total. The van der Waals surface area contributed by atoms with Crippen LogP contribution in [0.1, 0.15) is 38.2 Å². The first-order valence-corrected chi connectivity index (χ1v) is 12.5. The van der Waals surface area contributed by atoms with E-state index in [9.17, 15) is 13.2 Å². The molecule has 0 radical (unpaired) electrons. The van der Waals surface area contributed by atoms with Gasteiger partial charge in [-0.2, -0.15) is 4.31 Å². The second-order valence-corrected chi connectivity index (χ2v) is 10.2. The van der Waals surface area contributed by atoms with E-state index < -0.39 is 10.0 Å². The van der Waals surface area contributed by atoms with Gasteiger partial charge in [0.15, 0.2) is 0 Å². The van der Waals surface area contributed by atoms with Crippen molar-refractivity contribution in [2.24, 2.45) is 5.92 Å². The number of hydrogen-bond donors (Lipinski definition) is 0. The van der Waals surface area contributed by atoms with Crippen LogP contribution in [0.3, 0.4) is 0 Å². The number of amides is 1. The minimum absolute atomic E-state index is 0.115. The summed E-state index contributed by atoms with van der Waals surface area (Å²) in [6.45, 7) is 3.80. The monoisotopic (exact) mass is 442 g/mol. The van der Waals surface area contributed by atoms with Crippen molar-refractivity contribution < 1.29 is 17.9 Å². The largest absolute Gasteiger partial charge is 0.494 e. The summed E-state index contributed by atoms with van der Waals surface area (Å²) in [5.74, 6) is 0.713. The molecule has 31 heavy (non-hydrogen) atoms. The Hall–Kier alpha value is -2.38. The average Bonchev–Trinajstić information content (AvgIpc) is 3.64. The van der Waals surface area contributed by atoms with E-state index in [2.05, 4.69) is 12.1 Å². The number of ether oxygens (including phenoxy) is 1. The van der Waals surface area contributed by atoms with Crippen LogP contribution in [0.25, 0.3) is 0 Å². The number of carbonyl (C=O) groups excluding carboxylic acids is 1. The molecule has 0 spiro atoms. The number of benzene rings is 2. The Morgan fingerprint density at radius 2 is 1.65 bits per heavy atom. The molecule has 1 amide bonds. The van der Waals surface area contributed by atoms with E-state index in [4.69, 9.17) is 4.74 Å². The fourth-order valence-corrected chi connectivity index (χ4v) is 5.62. The highest BCUT2D eigenvalue weighted by atomic mass is 32.2. The van der Waals surface area contributed by atoms with E-state index in [-0.39, 0.29) is 16.7 Å². The summed E-state index contributed by atoms with van der Waals surface area (Å²) in [5, 5.41) is 0. The first-order valence-electron chi connectivity index (χ1n) is 11.1. The van der Waals surface area contributed by atoms with E-state index in [0.29, 0.717) is 50.9 Å². The summed E-state index contributed by atoms with van der Waals surface area (Å²) in [5.41, 5.74) is 1.14.